The smallest absolute Gasteiger partial charge is 0.227 e. The normalized spacial score (nSPS) is 13.0. The molecule has 8 aromatic carbocycles. The molecule has 0 atom stereocenters. The van der Waals surface area contributed by atoms with E-state index in [0.29, 0.717) is 5.88 Å². The molecule has 9 aromatic rings. The quantitative estimate of drug-likeness (QED) is 0.176. The van der Waals surface area contributed by atoms with Gasteiger partial charge in [-0.05, 0) is 86.8 Å². The average molecular weight is 745 g/mol. The predicted octanol–water partition coefficient (Wildman–Crippen LogP) is 13.7. The molecule has 0 N–H and O–H groups in total. The van der Waals surface area contributed by atoms with Crippen molar-refractivity contribution in [2.75, 3.05) is 0 Å². The zero-order valence-corrected chi connectivity index (χ0v) is 31.8. The van der Waals surface area contributed by atoms with Gasteiger partial charge in [0.05, 0.1) is 11.0 Å². The maximum Gasteiger partial charge on any atom is 0.227 e. The molecule has 1 aromatic heterocycles. The molecule has 0 radical (unpaired) electrons. The zero-order chi connectivity index (χ0) is 38.6. The predicted molar refractivity (Wildman–Crippen MR) is 232 cm³/mol. The molecule has 2 aliphatic heterocycles. The van der Waals surface area contributed by atoms with Crippen LogP contribution in [-0.4, -0.2) is 9.97 Å². The van der Waals surface area contributed by atoms with Crippen molar-refractivity contribution >= 4 is 0 Å². The van der Waals surface area contributed by atoms with Crippen molar-refractivity contribution < 1.29 is 9.47 Å². The number of ether oxygens (including phenoxy) is 2. The van der Waals surface area contributed by atoms with Crippen molar-refractivity contribution in [1.29, 1.82) is 0 Å². The molecular formula is C54H36N2O2. The van der Waals surface area contributed by atoms with E-state index in [9.17, 15) is 0 Å². The molecule has 0 saturated carbocycles. The molecular weight excluding hydrogens is 709 g/mol. The standard InChI is InChI=1S/C54H36N2O2/c1-35-25-30-46-52(58-53-47(33-55-34-56-53)54(46)44-21-11-13-23-48(44)57-49-24-14-12-22-45(49)54)50(35)39-26-28-40(29-27-39)51-42(37-17-7-3-8-18-37)31-41(36-15-5-2-6-16-36)32-43(51)38-19-9-4-10-20-38/h2-34H,1H3. The van der Waals surface area contributed by atoms with Gasteiger partial charge in [0, 0.05) is 28.5 Å². The molecule has 0 unspecified atom stereocenters. The molecule has 3 heterocycles. The van der Waals surface area contributed by atoms with E-state index in [1.807, 2.05) is 30.5 Å². The van der Waals surface area contributed by atoms with Gasteiger partial charge in [0.2, 0.25) is 5.88 Å². The highest BCUT2D eigenvalue weighted by atomic mass is 16.5. The first-order chi connectivity index (χ1) is 28.7. The Bertz CT molecular complexity index is 2870. The van der Waals surface area contributed by atoms with Gasteiger partial charge in [-0.25, -0.2) is 9.97 Å². The molecule has 4 heteroatoms. The Morgan fingerprint density at radius 1 is 0.414 bits per heavy atom. The van der Waals surface area contributed by atoms with E-state index in [0.717, 1.165) is 61.8 Å². The number of benzene rings is 8. The lowest BCUT2D eigenvalue weighted by molar-refractivity contribution is 0.389. The maximum atomic E-state index is 6.93. The number of aryl methyl sites for hydroxylation is 1. The summed E-state index contributed by atoms with van der Waals surface area (Å²) < 4.78 is 13.5. The van der Waals surface area contributed by atoms with Crippen LogP contribution in [0.1, 0.15) is 27.8 Å². The summed E-state index contributed by atoms with van der Waals surface area (Å²) in [7, 11) is 0. The van der Waals surface area contributed by atoms with Gasteiger partial charge in [0.15, 0.2) is 0 Å². The van der Waals surface area contributed by atoms with Crippen LogP contribution in [0.25, 0.3) is 55.6 Å². The van der Waals surface area contributed by atoms with Crippen LogP contribution in [-0.2, 0) is 5.41 Å². The van der Waals surface area contributed by atoms with Crippen molar-refractivity contribution in [3.05, 3.63) is 228 Å². The third-order valence-corrected chi connectivity index (χ3v) is 11.7. The summed E-state index contributed by atoms with van der Waals surface area (Å²) in [5, 5.41) is 0. The second-order valence-electron chi connectivity index (χ2n) is 14.9. The SMILES string of the molecule is Cc1ccc2c(c1-c1ccc(-c3c(-c4ccccc4)cc(-c4ccccc4)cc3-c3ccccc3)cc1)Oc1ncncc1C21c2ccccc2Oc2ccccc21. The van der Waals surface area contributed by atoms with Crippen LogP contribution in [0.3, 0.4) is 0 Å². The summed E-state index contributed by atoms with van der Waals surface area (Å²) in [5.41, 5.74) is 15.8. The van der Waals surface area contributed by atoms with E-state index in [4.69, 9.17) is 14.5 Å². The van der Waals surface area contributed by atoms with Crippen LogP contribution in [0.15, 0.2) is 201 Å². The number of aromatic nitrogens is 2. The summed E-state index contributed by atoms with van der Waals surface area (Å²) in [6.45, 7) is 2.16. The summed E-state index contributed by atoms with van der Waals surface area (Å²) in [4.78, 5) is 9.32. The van der Waals surface area contributed by atoms with Gasteiger partial charge in [0.25, 0.3) is 0 Å². The third-order valence-electron chi connectivity index (χ3n) is 11.7. The molecule has 0 fully saturated rings. The summed E-state index contributed by atoms with van der Waals surface area (Å²) in [5.74, 6) is 2.93. The van der Waals surface area contributed by atoms with Gasteiger partial charge in [-0.1, -0.05) is 164 Å². The fourth-order valence-corrected chi connectivity index (χ4v) is 9.16. The molecule has 4 nitrogen and oxygen atoms in total. The Labute approximate surface area is 337 Å². The molecule has 0 bridgehead atoms. The van der Waals surface area contributed by atoms with Crippen LogP contribution in [0.2, 0.25) is 0 Å². The first kappa shape index (κ1) is 33.8. The van der Waals surface area contributed by atoms with Gasteiger partial charge in [-0.3, -0.25) is 0 Å². The maximum absolute atomic E-state index is 6.93. The molecule has 0 aliphatic carbocycles. The second-order valence-corrected chi connectivity index (χ2v) is 14.9. The number of para-hydroxylation sites is 2. The Morgan fingerprint density at radius 2 is 0.931 bits per heavy atom. The first-order valence-corrected chi connectivity index (χ1v) is 19.6. The van der Waals surface area contributed by atoms with Crippen LogP contribution < -0.4 is 9.47 Å². The van der Waals surface area contributed by atoms with E-state index in [1.54, 1.807) is 6.33 Å². The van der Waals surface area contributed by atoms with Gasteiger partial charge < -0.3 is 9.47 Å². The Kier molecular flexibility index (Phi) is 7.90. The lowest BCUT2D eigenvalue weighted by atomic mass is 9.62. The molecule has 11 rings (SSSR count). The van der Waals surface area contributed by atoms with Gasteiger partial charge in [-0.2, -0.15) is 0 Å². The number of fused-ring (bicyclic) bond motifs is 8. The highest BCUT2D eigenvalue weighted by Gasteiger charge is 2.52. The van der Waals surface area contributed by atoms with E-state index < -0.39 is 5.41 Å². The minimum Gasteiger partial charge on any atom is -0.457 e. The second kappa shape index (κ2) is 13.6. The van der Waals surface area contributed by atoms with Crippen LogP contribution >= 0.6 is 0 Å². The fourth-order valence-electron chi connectivity index (χ4n) is 9.16. The fraction of sp³-hybridized carbons (Fsp3) is 0.0370. The van der Waals surface area contributed by atoms with Crippen molar-refractivity contribution in [3.8, 4) is 78.8 Å². The molecule has 1 spiro atoms. The first-order valence-electron chi connectivity index (χ1n) is 19.6. The molecule has 274 valence electrons. The van der Waals surface area contributed by atoms with Crippen LogP contribution in [0.4, 0.5) is 0 Å². The van der Waals surface area contributed by atoms with Crippen molar-refractivity contribution in [2.45, 2.75) is 12.3 Å². The molecule has 0 saturated heterocycles. The Balaban J connectivity index is 1.13. The van der Waals surface area contributed by atoms with E-state index in [1.165, 1.54) is 38.9 Å². The average Bonchev–Trinajstić information content (AvgIpc) is 3.29. The van der Waals surface area contributed by atoms with E-state index in [-0.39, 0.29) is 0 Å². The highest BCUT2D eigenvalue weighted by molar-refractivity contribution is 5.98. The summed E-state index contributed by atoms with van der Waals surface area (Å²) >= 11 is 0. The highest BCUT2D eigenvalue weighted by Crippen LogP contribution is 2.62. The molecule has 0 amide bonds. The van der Waals surface area contributed by atoms with Crippen LogP contribution in [0.5, 0.6) is 23.1 Å². The number of nitrogens with zero attached hydrogens (tertiary/aromatic N) is 2. The summed E-state index contributed by atoms with van der Waals surface area (Å²) in [6, 6.07) is 66.8. The lowest BCUT2D eigenvalue weighted by Crippen LogP contribution is -2.37. The number of rotatable bonds is 5. The molecule has 2 aliphatic rings. The number of hydrogen-bond acceptors (Lipinski definition) is 4. The van der Waals surface area contributed by atoms with E-state index >= 15 is 0 Å². The minimum atomic E-state index is -0.770. The van der Waals surface area contributed by atoms with Gasteiger partial charge in [-0.15, -0.1) is 0 Å². The number of hydrogen-bond donors (Lipinski definition) is 0. The Hall–Kier alpha value is -7.56. The monoisotopic (exact) mass is 744 g/mol. The topological polar surface area (TPSA) is 44.2 Å². The van der Waals surface area contributed by atoms with E-state index in [2.05, 4.69) is 176 Å². The molecule has 58 heavy (non-hydrogen) atoms. The van der Waals surface area contributed by atoms with Gasteiger partial charge in [0.1, 0.15) is 23.6 Å². The minimum absolute atomic E-state index is 0.538. The third kappa shape index (κ3) is 5.23. The van der Waals surface area contributed by atoms with Crippen molar-refractivity contribution in [3.63, 3.8) is 0 Å². The Morgan fingerprint density at radius 3 is 1.52 bits per heavy atom. The van der Waals surface area contributed by atoms with Crippen molar-refractivity contribution in [2.24, 2.45) is 0 Å². The van der Waals surface area contributed by atoms with Crippen molar-refractivity contribution in [1.82, 2.24) is 9.97 Å². The van der Waals surface area contributed by atoms with Crippen LogP contribution in [0, 0.1) is 6.92 Å². The summed E-state index contributed by atoms with van der Waals surface area (Å²) in [6.07, 6.45) is 3.47. The zero-order valence-electron chi connectivity index (χ0n) is 31.8. The lowest BCUT2D eigenvalue weighted by Gasteiger charge is -2.44. The largest absolute Gasteiger partial charge is 0.457 e. The van der Waals surface area contributed by atoms with Gasteiger partial charge >= 0.3 is 0 Å².